The van der Waals surface area contributed by atoms with Gasteiger partial charge in [-0.3, -0.25) is 4.68 Å². The summed E-state index contributed by atoms with van der Waals surface area (Å²) in [5, 5.41) is 8.34. The lowest BCUT2D eigenvalue weighted by molar-refractivity contribution is 0.285. The molecule has 0 aromatic carbocycles. The minimum absolute atomic E-state index is 0.332. The average molecular weight is 249 g/mol. The second kappa shape index (κ2) is 5.43. The van der Waals surface area contributed by atoms with Crippen molar-refractivity contribution in [3.8, 4) is 0 Å². The third-order valence-electron chi connectivity index (χ3n) is 4.05. The predicted octanol–water partition coefficient (Wildman–Crippen LogP) is 3.17. The molecule has 0 saturated heterocycles. The van der Waals surface area contributed by atoms with Crippen LogP contribution in [0.15, 0.2) is 12.3 Å². The van der Waals surface area contributed by atoms with E-state index in [9.17, 15) is 0 Å². The second-order valence-corrected chi connectivity index (χ2v) is 6.38. The van der Waals surface area contributed by atoms with Gasteiger partial charge in [0.25, 0.3) is 0 Å². The first-order chi connectivity index (χ1) is 8.52. The molecular formula is C15H27N3. The molecule has 3 nitrogen and oxygen atoms in total. The van der Waals surface area contributed by atoms with Gasteiger partial charge in [-0.25, -0.2) is 0 Å². The summed E-state index contributed by atoms with van der Waals surface area (Å²) in [6.45, 7) is 10.1. The molecule has 0 spiro atoms. The Labute approximate surface area is 111 Å². The minimum Gasteiger partial charge on any atom is -0.313 e. The van der Waals surface area contributed by atoms with E-state index < -0.39 is 0 Å². The number of nitrogens with zero attached hydrogens (tertiary/aromatic N) is 2. The normalized spacial score (nSPS) is 19.2. The van der Waals surface area contributed by atoms with E-state index in [1.807, 2.05) is 0 Å². The Balaban J connectivity index is 1.94. The van der Waals surface area contributed by atoms with Crippen molar-refractivity contribution in [1.82, 2.24) is 15.1 Å². The highest BCUT2D eigenvalue weighted by atomic mass is 15.3. The molecule has 1 atom stereocenters. The molecule has 1 aromatic heterocycles. The molecule has 0 amide bonds. The number of rotatable bonds is 7. The van der Waals surface area contributed by atoms with Gasteiger partial charge in [0.05, 0.1) is 5.69 Å². The molecule has 0 aliphatic heterocycles. The van der Waals surface area contributed by atoms with Gasteiger partial charge < -0.3 is 5.32 Å². The molecule has 1 aliphatic carbocycles. The van der Waals surface area contributed by atoms with E-state index >= 15 is 0 Å². The zero-order valence-electron chi connectivity index (χ0n) is 12.2. The fraction of sp³-hybridized carbons (Fsp3) is 0.800. The molecule has 102 valence electrons. The third kappa shape index (κ3) is 3.58. The molecule has 1 aromatic rings. The van der Waals surface area contributed by atoms with Crippen LogP contribution in [0, 0.1) is 5.41 Å². The molecule has 2 rings (SSSR count). The zero-order chi connectivity index (χ0) is 13.2. The van der Waals surface area contributed by atoms with Gasteiger partial charge in [0.15, 0.2) is 0 Å². The van der Waals surface area contributed by atoms with Gasteiger partial charge >= 0.3 is 0 Å². The molecule has 1 heterocycles. The Bertz CT molecular complexity index is 379. The Morgan fingerprint density at radius 1 is 1.50 bits per heavy atom. The van der Waals surface area contributed by atoms with Crippen LogP contribution in [-0.2, 0) is 6.42 Å². The average Bonchev–Trinajstić information content (AvgIpc) is 3.06. The molecule has 0 radical (unpaired) electrons. The highest BCUT2D eigenvalue weighted by Crippen LogP contribution is 2.27. The van der Waals surface area contributed by atoms with E-state index in [0.29, 0.717) is 11.5 Å². The smallest absolute Gasteiger partial charge is 0.0630 e. The fourth-order valence-corrected chi connectivity index (χ4v) is 2.19. The summed E-state index contributed by atoms with van der Waals surface area (Å²) in [6, 6.07) is 3.42. The molecule has 1 N–H and O–H groups in total. The lowest BCUT2D eigenvalue weighted by Gasteiger charge is -2.28. The topological polar surface area (TPSA) is 29.9 Å². The fourth-order valence-electron chi connectivity index (χ4n) is 2.19. The first-order valence-electron chi connectivity index (χ1n) is 7.30. The molecule has 1 saturated carbocycles. The molecule has 18 heavy (non-hydrogen) atoms. The van der Waals surface area contributed by atoms with Crippen LogP contribution < -0.4 is 5.32 Å². The van der Waals surface area contributed by atoms with E-state index in [1.54, 1.807) is 0 Å². The summed E-state index contributed by atoms with van der Waals surface area (Å²) in [6.07, 6.45) is 7.10. The summed E-state index contributed by atoms with van der Waals surface area (Å²) >= 11 is 0. The molecule has 1 fully saturated rings. The van der Waals surface area contributed by atoms with E-state index in [4.69, 9.17) is 0 Å². The first-order valence-corrected chi connectivity index (χ1v) is 7.30. The maximum absolute atomic E-state index is 4.67. The van der Waals surface area contributed by atoms with E-state index in [2.05, 4.69) is 55.1 Å². The summed E-state index contributed by atoms with van der Waals surface area (Å²) < 4.78 is 2.06. The summed E-state index contributed by atoms with van der Waals surface area (Å²) in [4.78, 5) is 0. The van der Waals surface area contributed by atoms with Crippen molar-refractivity contribution >= 4 is 0 Å². The summed E-state index contributed by atoms with van der Waals surface area (Å²) in [7, 11) is 0. The van der Waals surface area contributed by atoms with Crippen LogP contribution in [0.2, 0.25) is 0 Å². The molecule has 0 bridgehead atoms. The standard InChI is InChI=1S/C15H27N3/c1-5-15(4,11-16-13-6-7-13)10-14-8-9-18(17-14)12(2)3/h8-9,12-13,16H,5-7,10-11H2,1-4H3. The van der Waals surface area contributed by atoms with Gasteiger partial charge in [0.2, 0.25) is 0 Å². The number of aromatic nitrogens is 2. The van der Waals surface area contributed by atoms with Crippen molar-refractivity contribution in [3.05, 3.63) is 18.0 Å². The lowest BCUT2D eigenvalue weighted by Crippen LogP contribution is -2.34. The van der Waals surface area contributed by atoms with Crippen LogP contribution >= 0.6 is 0 Å². The van der Waals surface area contributed by atoms with Crippen molar-refractivity contribution in [3.63, 3.8) is 0 Å². The van der Waals surface area contributed by atoms with Gasteiger partial charge in [-0.05, 0) is 51.0 Å². The zero-order valence-corrected chi connectivity index (χ0v) is 12.2. The van der Waals surface area contributed by atoms with Gasteiger partial charge in [0, 0.05) is 24.8 Å². The number of nitrogens with one attached hydrogen (secondary N) is 1. The Kier molecular flexibility index (Phi) is 4.10. The second-order valence-electron chi connectivity index (χ2n) is 6.38. The van der Waals surface area contributed by atoms with Gasteiger partial charge in [-0.2, -0.15) is 5.10 Å². The maximum atomic E-state index is 4.67. The number of hydrogen-bond acceptors (Lipinski definition) is 2. The molecular weight excluding hydrogens is 222 g/mol. The highest BCUT2D eigenvalue weighted by molar-refractivity contribution is 5.04. The summed E-state index contributed by atoms with van der Waals surface area (Å²) in [5.41, 5.74) is 1.56. The van der Waals surface area contributed by atoms with Crippen LogP contribution in [0.3, 0.4) is 0 Å². The molecule has 1 unspecified atom stereocenters. The van der Waals surface area contributed by atoms with E-state index in [1.165, 1.54) is 25.0 Å². The molecule has 3 heteroatoms. The molecule has 1 aliphatic rings. The van der Waals surface area contributed by atoms with Crippen molar-refractivity contribution in [1.29, 1.82) is 0 Å². The maximum Gasteiger partial charge on any atom is 0.0630 e. The predicted molar refractivity (Wildman–Crippen MR) is 75.7 cm³/mol. The van der Waals surface area contributed by atoms with Crippen LogP contribution in [0.4, 0.5) is 0 Å². The van der Waals surface area contributed by atoms with Gasteiger partial charge in [-0.1, -0.05) is 13.8 Å². The minimum atomic E-state index is 0.332. The van der Waals surface area contributed by atoms with Crippen LogP contribution in [0.1, 0.15) is 58.7 Å². The Morgan fingerprint density at radius 2 is 2.22 bits per heavy atom. The van der Waals surface area contributed by atoms with Crippen molar-refractivity contribution < 1.29 is 0 Å². The van der Waals surface area contributed by atoms with E-state index in [0.717, 1.165) is 19.0 Å². The van der Waals surface area contributed by atoms with Crippen LogP contribution in [0.5, 0.6) is 0 Å². The monoisotopic (exact) mass is 249 g/mol. The lowest BCUT2D eigenvalue weighted by atomic mass is 9.82. The van der Waals surface area contributed by atoms with Crippen molar-refractivity contribution in [2.24, 2.45) is 5.41 Å². The Morgan fingerprint density at radius 3 is 2.72 bits per heavy atom. The number of hydrogen-bond donors (Lipinski definition) is 1. The Hall–Kier alpha value is -0.830. The van der Waals surface area contributed by atoms with Gasteiger partial charge in [0.1, 0.15) is 0 Å². The largest absolute Gasteiger partial charge is 0.313 e. The SMILES string of the molecule is CCC(C)(CNC1CC1)Cc1ccn(C(C)C)n1. The first kappa shape index (κ1) is 13.6. The van der Waals surface area contributed by atoms with Crippen molar-refractivity contribution in [2.45, 2.75) is 65.5 Å². The van der Waals surface area contributed by atoms with Crippen molar-refractivity contribution in [2.75, 3.05) is 6.54 Å². The van der Waals surface area contributed by atoms with Crippen LogP contribution in [0.25, 0.3) is 0 Å². The summed E-state index contributed by atoms with van der Waals surface area (Å²) in [5.74, 6) is 0. The quantitative estimate of drug-likeness (QED) is 0.804. The van der Waals surface area contributed by atoms with Crippen LogP contribution in [-0.4, -0.2) is 22.4 Å². The third-order valence-corrected chi connectivity index (χ3v) is 4.05. The van der Waals surface area contributed by atoms with E-state index in [-0.39, 0.29) is 0 Å². The highest BCUT2D eigenvalue weighted by Gasteiger charge is 2.28. The van der Waals surface area contributed by atoms with Gasteiger partial charge in [-0.15, -0.1) is 0 Å².